The zero-order chi connectivity index (χ0) is 14.4. The molecule has 2 nitrogen and oxygen atoms in total. The fourth-order valence-electron chi connectivity index (χ4n) is 3.32. The van der Waals surface area contributed by atoms with Crippen molar-refractivity contribution in [1.82, 2.24) is 4.98 Å². The van der Waals surface area contributed by atoms with Crippen LogP contribution in [0.25, 0.3) is 21.3 Å². The summed E-state index contributed by atoms with van der Waals surface area (Å²) in [5.74, 6) is 0.748. The van der Waals surface area contributed by atoms with Gasteiger partial charge in [0.05, 0.1) is 0 Å². The second-order valence-corrected chi connectivity index (χ2v) is 7.07. The lowest BCUT2D eigenvalue weighted by atomic mass is 9.87. The van der Waals surface area contributed by atoms with Crippen LogP contribution in [-0.2, 0) is 12.8 Å². The Balaban J connectivity index is 2.05. The number of H-pyrrole nitrogens is 1. The van der Waals surface area contributed by atoms with Gasteiger partial charge in [-0.25, -0.2) is 0 Å². The molecule has 0 saturated heterocycles. The maximum absolute atomic E-state index is 12.0. The van der Waals surface area contributed by atoms with Crippen molar-refractivity contribution in [2.45, 2.75) is 26.2 Å². The van der Waals surface area contributed by atoms with Gasteiger partial charge in [0, 0.05) is 16.3 Å². The molecule has 0 amide bonds. The minimum atomic E-state index is -0.00648. The van der Waals surface area contributed by atoms with Gasteiger partial charge in [-0.3, -0.25) is 4.79 Å². The van der Waals surface area contributed by atoms with Crippen LogP contribution < -0.4 is 5.56 Å². The number of benzene rings is 1. The van der Waals surface area contributed by atoms with Crippen molar-refractivity contribution < 1.29 is 0 Å². The molecule has 1 aliphatic carbocycles. The maximum atomic E-state index is 12.0. The van der Waals surface area contributed by atoms with Gasteiger partial charge < -0.3 is 4.98 Å². The van der Waals surface area contributed by atoms with Crippen LogP contribution in [0.4, 0.5) is 0 Å². The first-order valence-corrected chi connectivity index (χ1v) is 8.27. The van der Waals surface area contributed by atoms with Crippen molar-refractivity contribution >= 4 is 21.6 Å². The number of nitrogens with one attached hydrogen (secondary N) is 1. The molecular weight excluding hydrogens is 278 g/mol. The SMILES string of the molecule is CC1CCc2c(sc3[nH]c(=O)cc(-c4ccccc4)c23)C1. The van der Waals surface area contributed by atoms with E-state index in [4.69, 9.17) is 0 Å². The summed E-state index contributed by atoms with van der Waals surface area (Å²) in [6.07, 6.45) is 3.51. The van der Waals surface area contributed by atoms with E-state index in [1.54, 1.807) is 17.4 Å². The van der Waals surface area contributed by atoms with Crippen LogP contribution in [0, 0.1) is 5.92 Å². The molecule has 0 saturated carbocycles. The Kier molecular flexibility index (Phi) is 2.96. The Hall–Kier alpha value is -1.87. The molecule has 1 unspecified atom stereocenters. The van der Waals surface area contributed by atoms with Gasteiger partial charge in [-0.05, 0) is 41.9 Å². The predicted octanol–water partition coefficient (Wildman–Crippen LogP) is 4.38. The summed E-state index contributed by atoms with van der Waals surface area (Å²) in [5.41, 5.74) is 3.67. The summed E-state index contributed by atoms with van der Waals surface area (Å²) in [6.45, 7) is 2.31. The predicted molar refractivity (Wildman–Crippen MR) is 89.1 cm³/mol. The minimum absolute atomic E-state index is 0.00648. The van der Waals surface area contributed by atoms with E-state index in [2.05, 4.69) is 24.0 Å². The topological polar surface area (TPSA) is 32.9 Å². The lowest BCUT2D eigenvalue weighted by molar-refractivity contribution is 0.509. The summed E-state index contributed by atoms with van der Waals surface area (Å²) in [6, 6.07) is 12.0. The monoisotopic (exact) mass is 295 g/mol. The first kappa shape index (κ1) is 12.8. The van der Waals surface area contributed by atoms with Crippen LogP contribution in [-0.4, -0.2) is 4.98 Å². The molecule has 21 heavy (non-hydrogen) atoms. The van der Waals surface area contributed by atoms with Gasteiger partial charge in [-0.1, -0.05) is 37.3 Å². The van der Waals surface area contributed by atoms with E-state index in [0.717, 1.165) is 34.7 Å². The van der Waals surface area contributed by atoms with Gasteiger partial charge in [-0.15, -0.1) is 11.3 Å². The lowest BCUT2D eigenvalue weighted by Gasteiger charge is -2.18. The number of aromatic amines is 1. The van der Waals surface area contributed by atoms with Gasteiger partial charge in [0.1, 0.15) is 4.83 Å². The second kappa shape index (κ2) is 4.85. The van der Waals surface area contributed by atoms with Gasteiger partial charge in [0.15, 0.2) is 0 Å². The Morgan fingerprint density at radius 3 is 2.86 bits per heavy atom. The highest BCUT2D eigenvalue weighted by Crippen LogP contribution is 2.40. The third-order valence-electron chi connectivity index (χ3n) is 4.38. The summed E-state index contributed by atoms with van der Waals surface area (Å²) in [4.78, 5) is 17.5. The second-order valence-electron chi connectivity index (χ2n) is 5.97. The van der Waals surface area contributed by atoms with Crippen LogP contribution in [0.2, 0.25) is 0 Å². The molecule has 0 fully saturated rings. The van der Waals surface area contributed by atoms with Gasteiger partial charge >= 0.3 is 0 Å². The first-order valence-electron chi connectivity index (χ1n) is 7.45. The van der Waals surface area contributed by atoms with E-state index in [0.29, 0.717) is 0 Å². The molecule has 1 aliphatic rings. The van der Waals surface area contributed by atoms with Crippen LogP contribution in [0.1, 0.15) is 23.8 Å². The Morgan fingerprint density at radius 2 is 2.05 bits per heavy atom. The Morgan fingerprint density at radius 1 is 1.24 bits per heavy atom. The van der Waals surface area contributed by atoms with E-state index in [-0.39, 0.29) is 5.56 Å². The van der Waals surface area contributed by atoms with Crippen molar-refractivity contribution in [2.75, 3.05) is 0 Å². The average Bonchev–Trinajstić information content (AvgIpc) is 2.84. The fourth-order valence-corrected chi connectivity index (χ4v) is 4.75. The number of hydrogen-bond acceptors (Lipinski definition) is 2. The third kappa shape index (κ3) is 2.12. The molecule has 0 spiro atoms. The van der Waals surface area contributed by atoms with E-state index in [9.17, 15) is 4.79 Å². The zero-order valence-corrected chi connectivity index (χ0v) is 12.8. The molecule has 0 aliphatic heterocycles. The van der Waals surface area contributed by atoms with Crippen LogP contribution >= 0.6 is 11.3 Å². The molecule has 1 atom stereocenters. The van der Waals surface area contributed by atoms with E-state index in [1.807, 2.05) is 18.2 Å². The van der Waals surface area contributed by atoms with E-state index >= 15 is 0 Å². The summed E-state index contributed by atoms with van der Waals surface area (Å²) in [7, 11) is 0. The molecule has 1 N–H and O–H groups in total. The number of rotatable bonds is 1. The quantitative estimate of drug-likeness (QED) is 0.710. The number of thiophene rings is 1. The lowest BCUT2D eigenvalue weighted by Crippen LogP contribution is -2.09. The van der Waals surface area contributed by atoms with Crippen LogP contribution in [0.5, 0.6) is 0 Å². The standard InChI is InChI=1S/C18H17NOS/c1-11-7-8-13-15(9-11)21-18-17(13)14(10-16(20)19-18)12-5-3-2-4-6-12/h2-6,10-11H,7-9H2,1H3,(H,19,20). The molecule has 0 radical (unpaired) electrons. The summed E-state index contributed by atoms with van der Waals surface area (Å²) < 4.78 is 0. The molecular formula is C18H17NOS. The van der Waals surface area contributed by atoms with Crippen LogP contribution in [0.3, 0.4) is 0 Å². The highest BCUT2D eigenvalue weighted by molar-refractivity contribution is 7.19. The largest absolute Gasteiger partial charge is 0.314 e. The zero-order valence-electron chi connectivity index (χ0n) is 12.0. The number of hydrogen-bond donors (Lipinski definition) is 1. The van der Waals surface area contributed by atoms with E-state index in [1.165, 1.54) is 22.2 Å². The highest BCUT2D eigenvalue weighted by Gasteiger charge is 2.22. The van der Waals surface area contributed by atoms with Crippen molar-refractivity contribution in [3.8, 4) is 11.1 Å². The Bertz CT molecular complexity index is 860. The van der Waals surface area contributed by atoms with Crippen molar-refractivity contribution in [1.29, 1.82) is 0 Å². The molecule has 3 aromatic rings. The minimum Gasteiger partial charge on any atom is -0.314 e. The fraction of sp³-hybridized carbons (Fsp3) is 0.278. The van der Waals surface area contributed by atoms with Crippen molar-refractivity contribution in [3.63, 3.8) is 0 Å². The van der Waals surface area contributed by atoms with E-state index < -0.39 is 0 Å². The smallest absolute Gasteiger partial charge is 0.249 e. The molecule has 2 aromatic heterocycles. The molecule has 2 heterocycles. The van der Waals surface area contributed by atoms with Gasteiger partial charge in [0.25, 0.3) is 0 Å². The average molecular weight is 295 g/mol. The number of aryl methyl sites for hydroxylation is 1. The first-order chi connectivity index (χ1) is 10.2. The molecule has 106 valence electrons. The maximum Gasteiger partial charge on any atom is 0.249 e. The normalized spacial score (nSPS) is 17.9. The molecule has 3 heteroatoms. The van der Waals surface area contributed by atoms with Gasteiger partial charge in [-0.2, -0.15) is 0 Å². The third-order valence-corrected chi connectivity index (χ3v) is 5.55. The van der Waals surface area contributed by atoms with Crippen LogP contribution in [0.15, 0.2) is 41.2 Å². The van der Waals surface area contributed by atoms with Crippen molar-refractivity contribution in [3.05, 3.63) is 57.2 Å². The highest BCUT2D eigenvalue weighted by atomic mass is 32.1. The Labute approximate surface area is 127 Å². The summed E-state index contributed by atoms with van der Waals surface area (Å²) >= 11 is 1.77. The number of pyridine rings is 1. The molecule has 0 bridgehead atoms. The number of fused-ring (bicyclic) bond motifs is 3. The van der Waals surface area contributed by atoms with Gasteiger partial charge in [0.2, 0.25) is 5.56 Å². The molecule has 4 rings (SSSR count). The summed E-state index contributed by atoms with van der Waals surface area (Å²) in [5, 5.41) is 1.27. The van der Waals surface area contributed by atoms with Crippen molar-refractivity contribution in [2.24, 2.45) is 5.92 Å². The molecule has 1 aromatic carbocycles. The number of aromatic nitrogens is 1.